The molecule has 0 unspecified atom stereocenters. The third kappa shape index (κ3) is 4.16. The number of aromatic amines is 1. The van der Waals surface area contributed by atoms with E-state index in [0.29, 0.717) is 11.1 Å². The predicted molar refractivity (Wildman–Crippen MR) is 82.4 cm³/mol. The maximum absolute atomic E-state index is 13.0. The highest BCUT2D eigenvalue weighted by molar-refractivity contribution is 5.67. The molecule has 1 N–H and O–H groups in total. The molecule has 0 radical (unpaired) electrons. The van der Waals surface area contributed by atoms with Crippen molar-refractivity contribution in [1.82, 2.24) is 15.4 Å². The van der Waals surface area contributed by atoms with Gasteiger partial charge in [-0.05, 0) is 47.9 Å². The number of H-pyrrole nitrogens is 1. The number of aromatic nitrogens is 3. The van der Waals surface area contributed by atoms with E-state index < -0.39 is 17.9 Å². The zero-order chi connectivity index (χ0) is 18.7. The van der Waals surface area contributed by atoms with Crippen LogP contribution in [0, 0.1) is 17.1 Å². The number of nitrogens with zero attached hydrogens (tertiary/aromatic N) is 3. The third-order valence-corrected chi connectivity index (χ3v) is 3.46. The molecule has 0 spiro atoms. The Hall–Kier alpha value is -3.41. The van der Waals surface area contributed by atoms with Gasteiger partial charge in [-0.15, -0.1) is 18.3 Å². The predicted octanol–water partition coefficient (Wildman–Crippen LogP) is 3.97. The molecule has 9 heteroatoms. The van der Waals surface area contributed by atoms with Crippen LogP contribution >= 0.6 is 0 Å². The lowest BCUT2D eigenvalue weighted by Gasteiger charge is -2.12. The van der Waals surface area contributed by atoms with E-state index in [-0.39, 0.29) is 23.4 Å². The van der Waals surface area contributed by atoms with Gasteiger partial charge in [0.2, 0.25) is 0 Å². The molecule has 0 atom stereocenters. The van der Waals surface area contributed by atoms with Gasteiger partial charge in [-0.3, -0.25) is 0 Å². The number of nitriles is 1. The molecule has 3 rings (SSSR count). The van der Waals surface area contributed by atoms with Gasteiger partial charge >= 0.3 is 6.36 Å². The molecule has 0 aliphatic carbocycles. The summed E-state index contributed by atoms with van der Waals surface area (Å²) in [4.78, 5) is 0. The van der Waals surface area contributed by atoms with Gasteiger partial charge in [-0.1, -0.05) is 17.3 Å². The minimum atomic E-state index is -4.87. The molecule has 132 valence electrons. The lowest BCUT2D eigenvalue weighted by molar-refractivity contribution is -0.274. The topological polar surface area (TPSA) is 74.6 Å². The molecule has 3 aromatic rings. The fourth-order valence-electron chi connectivity index (χ4n) is 2.44. The molecule has 0 aliphatic rings. The number of nitrogens with one attached hydrogen (secondary N) is 1. The second kappa shape index (κ2) is 6.84. The Morgan fingerprint density at radius 3 is 2.46 bits per heavy atom. The van der Waals surface area contributed by atoms with Crippen molar-refractivity contribution in [2.24, 2.45) is 0 Å². The Labute approximate surface area is 144 Å². The van der Waals surface area contributed by atoms with Crippen molar-refractivity contribution in [2.45, 2.75) is 12.8 Å². The summed E-state index contributed by atoms with van der Waals surface area (Å²) in [6.45, 7) is 0. The van der Waals surface area contributed by atoms with Crippen LogP contribution in [0.3, 0.4) is 0 Å². The molecule has 0 saturated heterocycles. The molecule has 2 aromatic carbocycles. The molecule has 0 fully saturated rings. The van der Waals surface area contributed by atoms with E-state index in [9.17, 15) is 17.6 Å². The summed E-state index contributed by atoms with van der Waals surface area (Å²) in [5, 5.41) is 18.7. The van der Waals surface area contributed by atoms with Gasteiger partial charge in [0, 0.05) is 5.56 Å². The molecule has 1 aromatic heterocycles. The summed E-state index contributed by atoms with van der Waals surface area (Å²) in [5.74, 6) is -0.858. The van der Waals surface area contributed by atoms with Crippen LogP contribution in [-0.4, -0.2) is 21.8 Å². The average molecular weight is 362 g/mol. The maximum atomic E-state index is 13.0. The van der Waals surface area contributed by atoms with Crippen molar-refractivity contribution in [2.75, 3.05) is 0 Å². The number of rotatable bonds is 4. The number of hydrogen-bond acceptors (Lipinski definition) is 4. The van der Waals surface area contributed by atoms with Crippen molar-refractivity contribution in [3.8, 4) is 23.1 Å². The smallest absolute Gasteiger partial charge is 0.406 e. The summed E-state index contributed by atoms with van der Waals surface area (Å²) in [6.07, 6.45) is -4.63. The zero-order valence-electron chi connectivity index (χ0n) is 13.0. The van der Waals surface area contributed by atoms with Gasteiger partial charge in [0.25, 0.3) is 0 Å². The standard InChI is InChI=1S/C17H10F4N4O/c18-13-3-1-10(2-4-13)5-11-6-12(16-15(9-22)23-25-24-16)8-14(7-11)26-17(19,20)21/h1-4,6-8H,5H2,(H,23,24,25). The number of alkyl halides is 3. The fourth-order valence-corrected chi connectivity index (χ4v) is 2.44. The quantitative estimate of drug-likeness (QED) is 0.713. The largest absolute Gasteiger partial charge is 0.573 e. The molecule has 0 saturated carbocycles. The summed E-state index contributed by atoms with van der Waals surface area (Å²) in [7, 11) is 0. The van der Waals surface area contributed by atoms with E-state index in [1.807, 2.05) is 6.07 Å². The Balaban J connectivity index is 2.02. The van der Waals surface area contributed by atoms with Gasteiger partial charge in [-0.25, -0.2) is 9.49 Å². The molecular weight excluding hydrogens is 352 g/mol. The van der Waals surface area contributed by atoms with E-state index in [0.717, 1.165) is 6.07 Å². The first-order chi connectivity index (χ1) is 12.3. The highest BCUT2D eigenvalue weighted by atomic mass is 19.4. The SMILES string of the molecule is N#Cc1[nH]nnc1-c1cc(Cc2ccc(F)cc2)cc(OC(F)(F)F)c1. The van der Waals surface area contributed by atoms with Gasteiger partial charge < -0.3 is 4.74 Å². The highest BCUT2D eigenvalue weighted by Crippen LogP contribution is 2.30. The van der Waals surface area contributed by atoms with Crippen molar-refractivity contribution < 1.29 is 22.3 Å². The normalized spacial score (nSPS) is 11.2. The second-order valence-electron chi connectivity index (χ2n) is 5.36. The number of benzene rings is 2. The minimum Gasteiger partial charge on any atom is -0.406 e. The zero-order valence-corrected chi connectivity index (χ0v) is 13.0. The van der Waals surface area contributed by atoms with Crippen LogP contribution in [0.4, 0.5) is 17.6 Å². The van der Waals surface area contributed by atoms with E-state index in [1.54, 1.807) is 6.07 Å². The van der Waals surface area contributed by atoms with Crippen LogP contribution in [0.15, 0.2) is 42.5 Å². The molecule has 0 amide bonds. The van der Waals surface area contributed by atoms with Crippen LogP contribution in [0.1, 0.15) is 16.8 Å². The van der Waals surface area contributed by atoms with E-state index in [1.165, 1.54) is 30.3 Å². The first-order valence-corrected chi connectivity index (χ1v) is 7.30. The third-order valence-electron chi connectivity index (χ3n) is 3.46. The number of ether oxygens (including phenoxy) is 1. The number of halogens is 4. The average Bonchev–Trinajstić information content (AvgIpc) is 3.04. The fraction of sp³-hybridized carbons (Fsp3) is 0.118. The van der Waals surface area contributed by atoms with Crippen LogP contribution < -0.4 is 4.74 Å². The molecule has 5 nitrogen and oxygen atoms in total. The first kappa shape index (κ1) is 17.4. The van der Waals surface area contributed by atoms with E-state index in [2.05, 4.69) is 20.1 Å². The Morgan fingerprint density at radius 2 is 1.81 bits per heavy atom. The van der Waals surface area contributed by atoms with Crippen LogP contribution in [-0.2, 0) is 6.42 Å². The molecule has 0 bridgehead atoms. The van der Waals surface area contributed by atoms with Crippen molar-refractivity contribution in [3.63, 3.8) is 0 Å². The first-order valence-electron chi connectivity index (χ1n) is 7.30. The van der Waals surface area contributed by atoms with Crippen LogP contribution in [0.25, 0.3) is 11.3 Å². The molecule has 0 aliphatic heterocycles. The summed E-state index contributed by atoms with van der Waals surface area (Å²) in [6, 6.07) is 11.3. The van der Waals surface area contributed by atoms with Crippen LogP contribution in [0.5, 0.6) is 5.75 Å². The van der Waals surface area contributed by atoms with Crippen molar-refractivity contribution in [1.29, 1.82) is 5.26 Å². The highest BCUT2D eigenvalue weighted by Gasteiger charge is 2.31. The number of hydrogen-bond donors (Lipinski definition) is 1. The second-order valence-corrected chi connectivity index (χ2v) is 5.36. The van der Waals surface area contributed by atoms with Gasteiger partial charge in [-0.2, -0.15) is 5.26 Å². The molecular formula is C17H10F4N4O. The van der Waals surface area contributed by atoms with Crippen molar-refractivity contribution >= 4 is 0 Å². The summed E-state index contributed by atoms with van der Waals surface area (Å²) in [5.41, 5.74) is 1.54. The van der Waals surface area contributed by atoms with Gasteiger partial charge in [0.05, 0.1) is 0 Å². The maximum Gasteiger partial charge on any atom is 0.573 e. The Bertz CT molecular complexity index is 958. The van der Waals surface area contributed by atoms with E-state index in [4.69, 9.17) is 5.26 Å². The monoisotopic (exact) mass is 362 g/mol. The van der Waals surface area contributed by atoms with Crippen molar-refractivity contribution in [3.05, 3.63) is 65.1 Å². The molecule has 26 heavy (non-hydrogen) atoms. The van der Waals surface area contributed by atoms with Gasteiger partial charge in [0.15, 0.2) is 5.69 Å². The molecule has 1 heterocycles. The summed E-state index contributed by atoms with van der Waals surface area (Å²) < 4.78 is 54.9. The Morgan fingerprint density at radius 1 is 1.08 bits per heavy atom. The minimum absolute atomic E-state index is 0.0156. The van der Waals surface area contributed by atoms with Crippen LogP contribution in [0.2, 0.25) is 0 Å². The Kier molecular flexibility index (Phi) is 4.58. The lowest BCUT2D eigenvalue weighted by atomic mass is 10.0. The summed E-state index contributed by atoms with van der Waals surface area (Å²) >= 11 is 0. The van der Waals surface area contributed by atoms with Gasteiger partial charge in [0.1, 0.15) is 23.3 Å². The van der Waals surface area contributed by atoms with E-state index >= 15 is 0 Å². The lowest BCUT2D eigenvalue weighted by Crippen LogP contribution is -2.17.